The van der Waals surface area contributed by atoms with Crippen molar-refractivity contribution in [3.8, 4) is 0 Å². The monoisotopic (exact) mass is 506 g/mol. The second-order valence-electron chi connectivity index (χ2n) is 8.64. The molecule has 0 saturated carbocycles. The quantitative estimate of drug-likeness (QED) is 0.306. The molecule has 0 saturated heterocycles. The number of carbonyl (C=O) groups excluding carboxylic acids is 3. The second-order valence-corrected chi connectivity index (χ2v) is 8.64. The van der Waals surface area contributed by atoms with E-state index in [0.717, 1.165) is 11.4 Å². The summed E-state index contributed by atoms with van der Waals surface area (Å²) in [6.07, 6.45) is 0. The van der Waals surface area contributed by atoms with Crippen molar-refractivity contribution in [1.82, 2.24) is 0 Å². The third-order valence-electron chi connectivity index (χ3n) is 6.06. The molecule has 0 fully saturated rings. The molecule has 0 aliphatic carbocycles. The largest absolute Gasteiger partial charge is 0.376 e. The van der Waals surface area contributed by atoms with Crippen LogP contribution in [0.2, 0.25) is 0 Å². The molecule has 4 aromatic carbocycles. The summed E-state index contributed by atoms with van der Waals surface area (Å²) in [5.74, 6) is -0.515. The van der Waals surface area contributed by atoms with Crippen LogP contribution >= 0.6 is 0 Å². The molecule has 4 aromatic rings. The Hall–Kier alpha value is -4.91. The van der Waals surface area contributed by atoms with Gasteiger partial charge in [-0.15, -0.1) is 0 Å². The second kappa shape index (κ2) is 12.4. The fraction of sp³-hybridized carbons (Fsp3) is 0.129. The average Bonchev–Trinajstić information content (AvgIpc) is 2.97. The summed E-state index contributed by atoms with van der Waals surface area (Å²) in [5.41, 5.74) is 3.91. The Labute approximate surface area is 222 Å². The lowest BCUT2D eigenvalue weighted by Gasteiger charge is -2.21. The third-order valence-corrected chi connectivity index (χ3v) is 6.06. The SMILES string of the molecule is CCN(C(=O)c1cccc(NC(=O)CNc2ccc(C(=O)N(C)c3ccccc3)cc2)c1)c1ccccc1. The lowest BCUT2D eigenvalue weighted by atomic mass is 10.1. The maximum atomic E-state index is 13.1. The molecule has 0 atom stereocenters. The van der Waals surface area contributed by atoms with Crippen LogP contribution in [0.3, 0.4) is 0 Å². The molecule has 0 spiro atoms. The molecule has 7 heteroatoms. The highest BCUT2D eigenvalue weighted by atomic mass is 16.2. The number of nitrogens with zero attached hydrogens (tertiary/aromatic N) is 2. The van der Waals surface area contributed by atoms with E-state index in [0.29, 0.717) is 29.0 Å². The van der Waals surface area contributed by atoms with Crippen LogP contribution in [-0.2, 0) is 4.79 Å². The molecule has 7 nitrogen and oxygen atoms in total. The van der Waals surface area contributed by atoms with Gasteiger partial charge in [0.25, 0.3) is 11.8 Å². The van der Waals surface area contributed by atoms with Crippen LogP contribution in [0.5, 0.6) is 0 Å². The van der Waals surface area contributed by atoms with E-state index in [9.17, 15) is 14.4 Å². The molecule has 0 heterocycles. The summed E-state index contributed by atoms with van der Waals surface area (Å²) >= 11 is 0. The number of anilines is 4. The van der Waals surface area contributed by atoms with Gasteiger partial charge < -0.3 is 20.4 Å². The zero-order valence-corrected chi connectivity index (χ0v) is 21.4. The van der Waals surface area contributed by atoms with Crippen LogP contribution in [0.4, 0.5) is 22.7 Å². The van der Waals surface area contributed by atoms with Crippen molar-refractivity contribution < 1.29 is 14.4 Å². The molecule has 38 heavy (non-hydrogen) atoms. The van der Waals surface area contributed by atoms with Crippen LogP contribution in [0, 0.1) is 0 Å². The third kappa shape index (κ3) is 6.44. The summed E-state index contributed by atoms with van der Waals surface area (Å²) in [7, 11) is 1.73. The Morgan fingerprint density at radius 2 is 1.29 bits per heavy atom. The van der Waals surface area contributed by atoms with Gasteiger partial charge in [0.2, 0.25) is 5.91 Å². The molecule has 3 amide bonds. The van der Waals surface area contributed by atoms with E-state index in [-0.39, 0.29) is 24.3 Å². The first-order chi connectivity index (χ1) is 18.5. The molecule has 0 aliphatic heterocycles. The van der Waals surface area contributed by atoms with Gasteiger partial charge in [0.1, 0.15) is 0 Å². The Morgan fingerprint density at radius 3 is 1.92 bits per heavy atom. The Balaban J connectivity index is 1.33. The zero-order valence-electron chi connectivity index (χ0n) is 21.4. The highest BCUT2D eigenvalue weighted by molar-refractivity contribution is 6.07. The first kappa shape index (κ1) is 26.2. The molecular formula is C31H30N4O3. The van der Waals surface area contributed by atoms with E-state index in [1.807, 2.05) is 67.6 Å². The van der Waals surface area contributed by atoms with Gasteiger partial charge in [0.05, 0.1) is 6.54 Å². The summed E-state index contributed by atoms with van der Waals surface area (Å²) < 4.78 is 0. The van der Waals surface area contributed by atoms with Gasteiger partial charge in [0, 0.05) is 47.5 Å². The van der Waals surface area contributed by atoms with Crippen molar-refractivity contribution in [3.05, 3.63) is 120 Å². The van der Waals surface area contributed by atoms with Gasteiger partial charge in [-0.2, -0.15) is 0 Å². The van der Waals surface area contributed by atoms with Gasteiger partial charge in [-0.3, -0.25) is 14.4 Å². The number of rotatable bonds is 9. The highest BCUT2D eigenvalue weighted by Crippen LogP contribution is 2.19. The maximum Gasteiger partial charge on any atom is 0.258 e. The van der Waals surface area contributed by atoms with Crippen molar-refractivity contribution >= 4 is 40.5 Å². The summed E-state index contributed by atoms with van der Waals surface area (Å²) in [6, 6.07) is 32.8. The number of hydrogen-bond donors (Lipinski definition) is 2. The lowest BCUT2D eigenvalue weighted by Crippen LogP contribution is -2.30. The zero-order chi connectivity index (χ0) is 26.9. The molecule has 0 bridgehead atoms. The fourth-order valence-electron chi connectivity index (χ4n) is 4.02. The van der Waals surface area contributed by atoms with E-state index < -0.39 is 0 Å². The molecule has 0 radical (unpaired) electrons. The first-order valence-corrected chi connectivity index (χ1v) is 12.4. The molecule has 0 aliphatic rings. The number of benzene rings is 4. The van der Waals surface area contributed by atoms with Gasteiger partial charge >= 0.3 is 0 Å². The van der Waals surface area contributed by atoms with E-state index >= 15 is 0 Å². The highest BCUT2D eigenvalue weighted by Gasteiger charge is 2.17. The topological polar surface area (TPSA) is 81.8 Å². The van der Waals surface area contributed by atoms with Gasteiger partial charge in [-0.1, -0.05) is 42.5 Å². The van der Waals surface area contributed by atoms with Crippen molar-refractivity contribution in [2.24, 2.45) is 0 Å². The van der Waals surface area contributed by atoms with Crippen LogP contribution in [0.1, 0.15) is 27.6 Å². The van der Waals surface area contributed by atoms with Gasteiger partial charge in [0.15, 0.2) is 0 Å². The Morgan fingerprint density at radius 1 is 0.658 bits per heavy atom. The molecule has 4 rings (SSSR count). The Kier molecular flexibility index (Phi) is 8.51. The molecule has 0 aromatic heterocycles. The molecule has 2 N–H and O–H groups in total. The predicted molar refractivity (Wildman–Crippen MR) is 153 cm³/mol. The normalized spacial score (nSPS) is 10.4. The van der Waals surface area contributed by atoms with Crippen LogP contribution in [0.25, 0.3) is 0 Å². The number of carbonyl (C=O) groups is 3. The Bertz CT molecular complexity index is 1390. The van der Waals surface area contributed by atoms with E-state index in [1.165, 1.54) is 0 Å². The van der Waals surface area contributed by atoms with E-state index in [2.05, 4.69) is 10.6 Å². The van der Waals surface area contributed by atoms with Crippen molar-refractivity contribution in [2.75, 3.05) is 40.6 Å². The number of hydrogen-bond acceptors (Lipinski definition) is 4. The van der Waals surface area contributed by atoms with Crippen molar-refractivity contribution in [1.29, 1.82) is 0 Å². The minimum Gasteiger partial charge on any atom is -0.376 e. The smallest absolute Gasteiger partial charge is 0.258 e. The number of para-hydroxylation sites is 2. The van der Waals surface area contributed by atoms with Crippen LogP contribution in [0.15, 0.2) is 109 Å². The molecular weight excluding hydrogens is 476 g/mol. The molecule has 0 unspecified atom stereocenters. The predicted octanol–water partition coefficient (Wildman–Crippen LogP) is 5.68. The van der Waals surface area contributed by atoms with Gasteiger partial charge in [-0.25, -0.2) is 0 Å². The standard InChI is InChI=1S/C31H30N4O3/c1-3-35(28-15-8-5-9-16-28)31(38)24-11-10-12-26(21-24)33-29(36)22-32-25-19-17-23(18-20-25)30(37)34(2)27-13-6-4-7-14-27/h4-21,32H,3,22H2,1-2H3,(H,33,36). The summed E-state index contributed by atoms with van der Waals surface area (Å²) in [6.45, 7) is 2.48. The number of nitrogens with one attached hydrogen (secondary N) is 2. The van der Waals surface area contributed by atoms with E-state index in [4.69, 9.17) is 0 Å². The minimum atomic E-state index is -0.256. The number of amides is 3. The fourth-order valence-corrected chi connectivity index (χ4v) is 4.02. The van der Waals surface area contributed by atoms with Crippen molar-refractivity contribution in [3.63, 3.8) is 0 Å². The minimum absolute atomic E-state index is 0.0283. The summed E-state index contributed by atoms with van der Waals surface area (Å²) in [5, 5.41) is 5.90. The maximum absolute atomic E-state index is 13.1. The van der Waals surface area contributed by atoms with Crippen LogP contribution < -0.4 is 20.4 Å². The van der Waals surface area contributed by atoms with E-state index in [1.54, 1.807) is 65.4 Å². The van der Waals surface area contributed by atoms with Gasteiger partial charge in [-0.05, 0) is 73.7 Å². The lowest BCUT2D eigenvalue weighted by molar-refractivity contribution is -0.114. The van der Waals surface area contributed by atoms with Crippen molar-refractivity contribution in [2.45, 2.75) is 6.92 Å². The molecule has 192 valence electrons. The first-order valence-electron chi connectivity index (χ1n) is 12.4. The van der Waals surface area contributed by atoms with Crippen LogP contribution in [-0.4, -0.2) is 37.9 Å². The summed E-state index contributed by atoms with van der Waals surface area (Å²) in [4.78, 5) is 41.7. The average molecular weight is 507 g/mol.